The van der Waals surface area contributed by atoms with Gasteiger partial charge in [0, 0.05) is 23.5 Å². The first-order valence-corrected chi connectivity index (χ1v) is 7.51. The maximum absolute atomic E-state index is 12.0. The number of anilines is 1. The molecule has 0 aliphatic heterocycles. The fourth-order valence-electron chi connectivity index (χ4n) is 1.77. The van der Waals surface area contributed by atoms with Gasteiger partial charge in [0.15, 0.2) is 0 Å². The molecule has 23 heavy (non-hydrogen) atoms. The summed E-state index contributed by atoms with van der Waals surface area (Å²) in [6.45, 7) is 5.28. The largest absolute Gasteiger partial charge is 0.442 e. The van der Waals surface area contributed by atoms with E-state index in [0.29, 0.717) is 11.1 Å². The summed E-state index contributed by atoms with van der Waals surface area (Å²) in [6.07, 6.45) is 3.74. The van der Waals surface area contributed by atoms with Crippen molar-refractivity contribution < 1.29 is 9.53 Å². The number of nitrogen functional groups attached to an aromatic ring is 1. The number of aromatic amines is 1. The Balaban J connectivity index is 2.44. The number of ether oxygens (including phenoxy) is 1. The zero-order valence-corrected chi connectivity index (χ0v) is 14.9. The van der Waals surface area contributed by atoms with Crippen LogP contribution in [0.2, 0.25) is 0 Å². The highest BCUT2D eigenvalue weighted by atomic mass is 127. The lowest BCUT2D eigenvalue weighted by molar-refractivity contribution is 0.0514. The van der Waals surface area contributed by atoms with Crippen LogP contribution in [-0.4, -0.2) is 26.5 Å². The minimum Gasteiger partial charge on any atom is -0.442 e. The maximum Gasteiger partial charge on any atom is 0.435 e. The van der Waals surface area contributed by atoms with E-state index in [0.717, 1.165) is 4.68 Å². The second-order valence-corrected chi connectivity index (χ2v) is 6.05. The number of hydrogen-bond donors (Lipinski definition) is 2. The van der Waals surface area contributed by atoms with Gasteiger partial charge in [-0.05, 0) is 20.8 Å². The summed E-state index contributed by atoms with van der Waals surface area (Å²) in [4.78, 5) is 26.1. The number of hydrogen-bond acceptors (Lipinski definition) is 7. The molecule has 2 aromatic rings. The summed E-state index contributed by atoms with van der Waals surface area (Å²) in [5.41, 5.74) is 5.83. The van der Waals surface area contributed by atoms with E-state index in [1.165, 1.54) is 18.6 Å². The van der Waals surface area contributed by atoms with Crippen LogP contribution in [0.4, 0.5) is 16.2 Å². The smallest absolute Gasteiger partial charge is 0.435 e. The summed E-state index contributed by atoms with van der Waals surface area (Å²) >= 11 is 1.68. The zero-order valence-electron chi connectivity index (χ0n) is 12.7. The van der Waals surface area contributed by atoms with Crippen molar-refractivity contribution in [1.82, 2.24) is 14.8 Å². The van der Waals surface area contributed by atoms with Gasteiger partial charge in [-0.25, -0.2) is 4.79 Å². The Morgan fingerprint density at radius 1 is 1.48 bits per heavy atom. The zero-order chi connectivity index (χ0) is 17.2. The van der Waals surface area contributed by atoms with Crippen molar-refractivity contribution in [3.63, 3.8) is 0 Å². The molecule has 3 N–H and O–H groups in total. The highest BCUT2D eigenvalue weighted by molar-refractivity contribution is 14.1. The van der Waals surface area contributed by atoms with Crippen LogP contribution in [0.1, 0.15) is 20.8 Å². The predicted molar refractivity (Wildman–Crippen MR) is 92.9 cm³/mol. The van der Waals surface area contributed by atoms with Gasteiger partial charge in [0.1, 0.15) is 39.8 Å². The molecule has 0 bridgehead atoms. The van der Waals surface area contributed by atoms with Crippen LogP contribution in [0.15, 0.2) is 31.8 Å². The number of carbonyl (C=O) groups is 1. The number of aromatic nitrogens is 3. The Hall–Kier alpha value is -2.24. The van der Waals surface area contributed by atoms with E-state index in [9.17, 15) is 9.59 Å². The summed E-state index contributed by atoms with van der Waals surface area (Å²) < 4.78 is 9.92. The van der Waals surface area contributed by atoms with Crippen LogP contribution in [0.5, 0.6) is 0 Å². The molecule has 0 saturated heterocycles. The molecule has 0 aliphatic rings. The van der Waals surface area contributed by atoms with Crippen molar-refractivity contribution in [2.45, 2.75) is 26.4 Å². The van der Waals surface area contributed by atoms with E-state index < -0.39 is 17.3 Å². The molecule has 2 aromatic heterocycles. The molecule has 0 radical (unpaired) electrons. The molecule has 10 heteroatoms. The summed E-state index contributed by atoms with van der Waals surface area (Å²) in [5.74, 6) is 0. The van der Waals surface area contributed by atoms with Crippen LogP contribution in [-0.2, 0) is 4.74 Å². The van der Waals surface area contributed by atoms with Gasteiger partial charge >= 0.3 is 6.09 Å². The maximum atomic E-state index is 12.0. The molecule has 0 saturated carbocycles. The van der Waals surface area contributed by atoms with E-state index in [2.05, 4.69) is 18.5 Å². The van der Waals surface area contributed by atoms with Crippen LogP contribution >= 0.6 is 22.9 Å². The molecule has 0 aromatic carbocycles. The number of nitrogens with one attached hydrogen (secondary N) is 1. The van der Waals surface area contributed by atoms with Crippen molar-refractivity contribution in [1.29, 1.82) is 0 Å². The van der Waals surface area contributed by atoms with Crippen molar-refractivity contribution in [2.24, 2.45) is 8.44 Å². The predicted octanol–water partition coefficient (Wildman–Crippen LogP) is 3.04. The fraction of sp³-hybridized carbons (Fsp3) is 0.308. The van der Waals surface area contributed by atoms with Crippen LogP contribution in [0.25, 0.3) is 11.1 Å². The van der Waals surface area contributed by atoms with Gasteiger partial charge in [0.2, 0.25) is 0 Å². The van der Waals surface area contributed by atoms with Crippen molar-refractivity contribution in [3.8, 4) is 11.1 Å². The first-order chi connectivity index (χ1) is 10.7. The van der Waals surface area contributed by atoms with Gasteiger partial charge in [-0.2, -0.15) is 9.78 Å². The second kappa shape index (κ2) is 6.48. The van der Waals surface area contributed by atoms with E-state index in [4.69, 9.17) is 10.5 Å². The summed E-state index contributed by atoms with van der Waals surface area (Å²) in [6, 6.07) is 0. The Morgan fingerprint density at radius 2 is 2.17 bits per heavy atom. The minimum atomic E-state index is -0.633. The van der Waals surface area contributed by atoms with Crippen molar-refractivity contribution >= 4 is 40.3 Å². The minimum absolute atomic E-state index is 0.0621. The molecule has 0 unspecified atom stereocenters. The van der Waals surface area contributed by atoms with Gasteiger partial charge in [-0.1, -0.05) is 0 Å². The first kappa shape index (κ1) is 17.1. The monoisotopic (exact) mass is 430 g/mol. The molecule has 122 valence electrons. The molecule has 0 amide bonds. The third-order valence-corrected chi connectivity index (χ3v) is 2.93. The lowest BCUT2D eigenvalue weighted by atomic mass is 10.1. The number of pyridine rings is 1. The van der Waals surface area contributed by atoms with E-state index >= 15 is 0 Å². The highest BCUT2D eigenvalue weighted by Gasteiger charge is 2.20. The lowest BCUT2D eigenvalue weighted by Gasteiger charge is -2.18. The van der Waals surface area contributed by atoms with Gasteiger partial charge in [0.05, 0.1) is 6.20 Å². The number of nitrogens with two attached hydrogens (primary N) is 1. The first-order valence-electron chi connectivity index (χ1n) is 6.54. The summed E-state index contributed by atoms with van der Waals surface area (Å²) in [5, 5.41) is 7.84. The SMILES string of the molecule is CC(C)(C)OC(=O)n1cc(-c2c[nH]c(=O)c(N)c2/N=N\I)cn1. The Kier molecular flexibility index (Phi) is 4.82. The summed E-state index contributed by atoms with van der Waals surface area (Å²) in [7, 11) is 0. The standard InChI is InChI=1S/C13H15IN6O3/c1-13(2,3)23-12(22)20-6-7(4-17-20)8-5-16-11(21)9(15)10(8)18-19-14/h4-6H,15H2,1-3H3,(H,16,21)/b19-18-. The van der Waals surface area contributed by atoms with Crippen molar-refractivity contribution in [3.05, 3.63) is 28.9 Å². The fourth-order valence-corrected chi connectivity index (χ4v) is 1.99. The number of halogens is 1. The van der Waals surface area contributed by atoms with Gasteiger partial charge < -0.3 is 15.5 Å². The molecule has 0 spiro atoms. The molecule has 0 fully saturated rings. The number of nitrogens with zero attached hydrogens (tertiary/aromatic N) is 4. The second-order valence-electron chi connectivity index (χ2n) is 5.62. The van der Waals surface area contributed by atoms with E-state index in [1.54, 1.807) is 43.6 Å². The van der Waals surface area contributed by atoms with Gasteiger partial charge in [0.25, 0.3) is 5.56 Å². The average Bonchev–Trinajstić information content (AvgIpc) is 2.92. The molecule has 0 atom stereocenters. The Morgan fingerprint density at radius 3 is 2.78 bits per heavy atom. The molecule has 0 aliphatic carbocycles. The van der Waals surface area contributed by atoms with Gasteiger partial charge in [-0.15, -0.1) is 8.44 Å². The topological polar surface area (TPSA) is 128 Å². The van der Waals surface area contributed by atoms with Crippen LogP contribution < -0.4 is 11.3 Å². The van der Waals surface area contributed by atoms with E-state index in [1.807, 2.05) is 0 Å². The third kappa shape index (κ3) is 3.94. The quantitative estimate of drug-likeness (QED) is 0.559. The molecular formula is C13H15IN6O3. The average molecular weight is 430 g/mol. The molecule has 2 rings (SSSR count). The number of rotatable bonds is 2. The van der Waals surface area contributed by atoms with Crippen LogP contribution in [0, 0.1) is 0 Å². The number of H-pyrrole nitrogens is 1. The molecule has 9 nitrogen and oxygen atoms in total. The highest BCUT2D eigenvalue weighted by Crippen LogP contribution is 2.33. The normalized spacial score (nSPS) is 11.8. The lowest BCUT2D eigenvalue weighted by Crippen LogP contribution is -2.27. The van der Waals surface area contributed by atoms with E-state index in [-0.39, 0.29) is 11.4 Å². The van der Waals surface area contributed by atoms with Crippen molar-refractivity contribution in [2.75, 3.05) is 5.73 Å². The number of carbonyl (C=O) groups excluding carboxylic acids is 1. The Bertz CT molecular complexity index is 818. The molecule has 2 heterocycles. The molecular weight excluding hydrogens is 415 g/mol. The Labute approximate surface area is 145 Å². The van der Waals surface area contributed by atoms with Crippen LogP contribution in [0.3, 0.4) is 0 Å². The third-order valence-electron chi connectivity index (χ3n) is 2.71. The van der Waals surface area contributed by atoms with Gasteiger partial charge in [-0.3, -0.25) is 4.79 Å².